The summed E-state index contributed by atoms with van der Waals surface area (Å²) in [6, 6.07) is 0. The number of carbonyl (C=O) groups excluding carboxylic acids is 1. The molecular formula is C7H2ClF3N2O5. The number of alkyl halides is 3. The predicted molar refractivity (Wildman–Crippen MR) is 49.4 cm³/mol. The van der Waals surface area contributed by atoms with Crippen LogP contribution in [0.3, 0.4) is 0 Å². The van der Waals surface area contributed by atoms with Gasteiger partial charge in [0.1, 0.15) is 5.56 Å². The van der Waals surface area contributed by atoms with Crippen molar-refractivity contribution >= 4 is 22.7 Å². The summed E-state index contributed by atoms with van der Waals surface area (Å²) in [5.41, 5.74) is -1.18. The van der Waals surface area contributed by atoms with Gasteiger partial charge in [0.25, 0.3) is 5.24 Å². The standard InChI is InChI=1S/C7H2ClF3N2O5/c8-5(15)3-2(18-7(9,10)11)1-12-6(4(3)14)13(16)17/h1,14H. The van der Waals surface area contributed by atoms with Crippen molar-refractivity contribution in [3.8, 4) is 11.5 Å². The van der Waals surface area contributed by atoms with Crippen LogP contribution in [0.1, 0.15) is 10.4 Å². The van der Waals surface area contributed by atoms with Gasteiger partial charge in [-0.1, -0.05) is 0 Å². The molecule has 1 aromatic rings. The Labute approximate surface area is 101 Å². The van der Waals surface area contributed by atoms with Crippen LogP contribution in [0.5, 0.6) is 11.5 Å². The molecule has 0 radical (unpaired) electrons. The lowest BCUT2D eigenvalue weighted by atomic mass is 10.2. The summed E-state index contributed by atoms with van der Waals surface area (Å²) in [6.07, 6.45) is -4.91. The molecule has 0 atom stereocenters. The van der Waals surface area contributed by atoms with Gasteiger partial charge in [-0.3, -0.25) is 4.79 Å². The van der Waals surface area contributed by atoms with E-state index in [0.717, 1.165) is 0 Å². The first-order valence-corrected chi connectivity index (χ1v) is 4.33. The zero-order valence-corrected chi connectivity index (χ0v) is 8.82. The lowest BCUT2D eigenvalue weighted by Gasteiger charge is -2.10. The molecule has 0 aliphatic carbocycles. The normalized spacial score (nSPS) is 11.1. The SMILES string of the molecule is O=C(Cl)c1c(OC(F)(F)F)cnc([N+](=O)[O-])c1O. The number of rotatable bonds is 3. The van der Waals surface area contributed by atoms with Crippen molar-refractivity contribution in [3.63, 3.8) is 0 Å². The fraction of sp³-hybridized carbons (Fsp3) is 0.143. The van der Waals surface area contributed by atoms with E-state index >= 15 is 0 Å². The van der Waals surface area contributed by atoms with Crippen molar-refractivity contribution in [3.05, 3.63) is 21.9 Å². The smallest absolute Gasteiger partial charge is 0.500 e. The van der Waals surface area contributed by atoms with E-state index in [1.165, 1.54) is 0 Å². The Kier molecular flexibility index (Phi) is 3.60. The van der Waals surface area contributed by atoms with Crippen molar-refractivity contribution in [1.82, 2.24) is 4.98 Å². The summed E-state index contributed by atoms with van der Waals surface area (Å²) in [4.78, 5) is 22.9. The minimum atomic E-state index is -5.18. The zero-order chi connectivity index (χ0) is 14.1. The van der Waals surface area contributed by atoms with E-state index in [2.05, 4.69) is 9.72 Å². The highest BCUT2D eigenvalue weighted by molar-refractivity contribution is 6.68. The molecule has 11 heteroatoms. The maximum absolute atomic E-state index is 12.0. The number of nitrogens with zero attached hydrogens (tertiary/aromatic N) is 2. The van der Waals surface area contributed by atoms with Gasteiger partial charge in [-0.2, -0.15) is 0 Å². The van der Waals surface area contributed by atoms with Gasteiger partial charge in [0.15, 0.2) is 11.9 Å². The highest BCUT2D eigenvalue weighted by Gasteiger charge is 2.36. The topological polar surface area (TPSA) is 103 Å². The summed E-state index contributed by atoms with van der Waals surface area (Å²) >= 11 is 4.92. The van der Waals surface area contributed by atoms with Gasteiger partial charge in [0, 0.05) is 0 Å². The Morgan fingerprint density at radius 3 is 2.50 bits per heavy atom. The fourth-order valence-corrected chi connectivity index (χ4v) is 1.18. The Morgan fingerprint density at radius 1 is 1.56 bits per heavy atom. The quantitative estimate of drug-likeness (QED) is 0.517. The van der Waals surface area contributed by atoms with Crippen LogP contribution in [-0.4, -0.2) is 26.6 Å². The Morgan fingerprint density at radius 2 is 2.11 bits per heavy atom. The van der Waals surface area contributed by atoms with Crippen molar-refractivity contribution in [1.29, 1.82) is 0 Å². The molecule has 0 saturated heterocycles. The number of aromatic nitrogens is 1. The van der Waals surface area contributed by atoms with E-state index in [-0.39, 0.29) is 6.20 Å². The number of halogens is 4. The second-order valence-corrected chi connectivity index (χ2v) is 3.09. The van der Waals surface area contributed by atoms with Crippen molar-refractivity contribution in [2.24, 2.45) is 0 Å². The lowest BCUT2D eigenvalue weighted by Crippen LogP contribution is -2.19. The molecule has 0 spiro atoms. The molecule has 0 bridgehead atoms. The molecule has 1 heterocycles. The van der Waals surface area contributed by atoms with Gasteiger partial charge in [0.05, 0.1) is 0 Å². The largest absolute Gasteiger partial charge is 0.573 e. The molecule has 0 unspecified atom stereocenters. The molecule has 7 nitrogen and oxygen atoms in total. The highest BCUT2D eigenvalue weighted by atomic mass is 35.5. The zero-order valence-electron chi connectivity index (χ0n) is 8.06. The van der Waals surface area contributed by atoms with Crippen LogP contribution in [0, 0.1) is 10.1 Å². The predicted octanol–water partition coefficient (Wildman–Crippen LogP) is 1.97. The number of hydrogen-bond acceptors (Lipinski definition) is 6. The first kappa shape index (κ1) is 14.0. The van der Waals surface area contributed by atoms with Crippen LogP contribution >= 0.6 is 11.6 Å². The number of ether oxygens (including phenoxy) is 1. The molecular weight excluding hydrogens is 285 g/mol. The van der Waals surface area contributed by atoms with E-state index in [4.69, 9.17) is 11.6 Å². The number of pyridine rings is 1. The van der Waals surface area contributed by atoms with Gasteiger partial charge >= 0.3 is 12.2 Å². The molecule has 18 heavy (non-hydrogen) atoms. The summed E-state index contributed by atoms with van der Waals surface area (Å²) < 4.78 is 39.2. The van der Waals surface area contributed by atoms with Crippen molar-refractivity contribution < 1.29 is 32.7 Å². The maximum Gasteiger partial charge on any atom is 0.573 e. The van der Waals surface area contributed by atoms with E-state index in [1.807, 2.05) is 0 Å². The third-order valence-corrected chi connectivity index (χ3v) is 1.78. The summed E-state index contributed by atoms with van der Waals surface area (Å²) in [5, 5.41) is 18.1. The van der Waals surface area contributed by atoms with Crippen LogP contribution < -0.4 is 4.74 Å². The van der Waals surface area contributed by atoms with Crippen LogP contribution in [0.2, 0.25) is 0 Å². The molecule has 1 aromatic heterocycles. The average molecular weight is 287 g/mol. The van der Waals surface area contributed by atoms with E-state index in [1.54, 1.807) is 0 Å². The number of carbonyl (C=O) groups is 1. The average Bonchev–Trinajstić information content (AvgIpc) is 2.13. The van der Waals surface area contributed by atoms with Gasteiger partial charge in [-0.15, -0.1) is 13.2 Å². The van der Waals surface area contributed by atoms with Crippen LogP contribution in [0.15, 0.2) is 6.20 Å². The molecule has 0 aliphatic rings. The molecule has 1 N–H and O–H groups in total. The third kappa shape index (κ3) is 2.97. The summed E-state index contributed by atoms with van der Waals surface area (Å²) in [5.74, 6) is -3.85. The van der Waals surface area contributed by atoms with Crippen molar-refractivity contribution in [2.75, 3.05) is 0 Å². The van der Waals surface area contributed by atoms with Gasteiger partial charge in [-0.05, 0) is 21.5 Å². The summed E-state index contributed by atoms with van der Waals surface area (Å²) in [7, 11) is 0. The van der Waals surface area contributed by atoms with Crippen molar-refractivity contribution in [2.45, 2.75) is 6.36 Å². The minimum Gasteiger partial charge on any atom is -0.500 e. The number of aromatic hydroxyl groups is 1. The van der Waals surface area contributed by atoms with Gasteiger partial charge in [0.2, 0.25) is 5.75 Å². The monoisotopic (exact) mass is 286 g/mol. The fourth-order valence-electron chi connectivity index (χ4n) is 1.000. The van der Waals surface area contributed by atoms with Crippen LogP contribution in [0.4, 0.5) is 19.0 Å². The number of nitro groups is 1. The van der Waals surface area contributed by atoms with Gasteiger partial charge in [-0.25, -0.2) is 0 Å². The molecule has 1 rings (SSSR count). The minimum absolute atomic E-state index is 0.265. The molecule has 0 amide bonds. The third-order valence-electron chi connectivity index (χ3n) is 1.59. The Bertz CT molecular complexity index is 519. The highest BCUT2D eigenvalue weighted by Crippen LogP contribution is 2.37. The van der Waals surface area contributed by atoms with Crippen LogP contribution in [0.25, 0.3) is 0 Å². The molecule has 98 valence electrons. The van der Waals surface area contributed by atoms with Crippen LogP contribution in [-0.2, 0) is 0 Å². The van der Waals surface area contributed by atoms with E-state index in [0.29, 0.717) is 0 Å². The first-order chi connectivity index (χ1) is 8.13. The molecule has 0 aliphatic heterocycles. The Hall–Kier alpha value is -2.10. The Balaban J connectivity index is 3.42. The van der Waals surface area contributed by atoms with Gasteiger partial charge < -0.3 is 20.0 Å². The maximum atomic E-state index is 12.0. The first-order valence-electron chi connectivity index (χ1n) is 3.95. The lowest BCUT2D eigenvalue weighted by molar-refractivity contribution is -0.390. The number of hydrogen-bond donors (Lipinski definition) is 1. The van der Waals surface area contributed by atoms with E-state index < -0.39 is 39.4 Å². The second-order valence-electron chi connectivity index (χ2n) is 2.75. The van der Waals surface area contributed by atoms with E-state index in [9.17, 15) is 33.2 Å². The molecule has 0 saturated carbocycles. The molecule has 0 fully saturated rings. The second kappa shape index (κ2) is 4.64. The summed E-state index contributed by atoms with van der Waals surface area (Å²) in [6.45, 7) is 0. The molecule has 0 aromatic carbocycles.